The van der Waals surface area contributed by atoms with Gasteiger partial charge in [-0.1, -0.05) is 0 Å². The second-order valence-corrected chi connectivity index (χ2v) is 3.25. The molecule has 1 aliphatic carbocycles. The Hall–Kier alpha value is -1.63. The molecular formula is C9H10N4. The Morgan fingerprint density at radius 2 is 2.31 bits per heavy atom. The van der Waals surface area contributed by atoms with Crippen molar-refractivity contribution in [2.24, 2.45) is 0 Å². The molecule has 1 aromatic rings. The van der Waals surface area contributed by atoms with Gasteiger partial charge in [-0.25, -0.2) is 9.97 Å². The van der Waals surface area contributed by atoms with Gasteiger partial charge in [0.15, 0.2) is 0 Å². The molecular weight excluding hydrogens is 164 g/mol. The average molecular weight is 174 g/mol. The Morgan fingerprint density at radius 1 is 1.54 bits per heavy atom. The van der Waals surface area contributed by atoms with Crippen LogP contribution in [-0.4, -0.2) is 16.0 Å². The van der Waals surface area contributed by atoms with E-state index in [1.54, 1.807) is 6.07 Å². The molecule has 4 nitrogen and oxygen atoms in total. The van der Waals surface area contributed by atoms with Gasteiger partial charge in [-0.15, -0.1) is 0 Å². The van der Waals surface area contributed by atoms with Gasteiger partial charge in [0, 0.05) is 11.7 Å². The Labute approximate surface area is 76.6 Å². The fourth-order valence-corrected chi connectivity index (χ4v) is 1.10. The summed E-state index contributed by atoms with van der Waals surface area (Å²) >= 11 is 0. The van der Waals surface area contributed by atoms with Crippen LogP contribution in [0.3, 0.4) is 0 Å². The second kappa shape index (κ2) is 3.02. The minimum atomic E-state index is 0.427. The van der Waals surface area contributed by atoms with Crippen molar-refractivity contribution < 1.29 is 0 Å². The van der Waals surface area contributed by atoms with E-state index in [1.165, 1.54) is 12.8 Å². The van der Waals surface area contributed by atoms with Gasteiger partial charge in [0.1, 0.15) is 11.8 Å². The number of aryl methyl sites for hydroxylation is 1. The first-order chi connectivity index (χ1) is 6.28. The highest BCUT2D eigenvalue weighted by molar-refractivity contribution is 5.34. The van der Waals surface area contributed by atoms with Gasteiger partial charge < -0.3 is 5.32 Å². The van der Waals surface area contributed by atoms with E-state index in [2.05, 4.69) is 15.3 Å². The van der Waals surface area contributed by atoms with E-state index in [-0.39, 0.29) is 0 Å². The molecule has 4 heteroatoms. The third-order valence-electron chi connectivity index (χ3n) is 1.88. The molecule has 0 bridgehead atoms. The van der Waals surface area contributed by atoms with E-state index >= 15 is 0 Å². The minimum Gasteiger partial charge on any atom is -0.351 e. The molecule has 0 aromatic carbocycles. The first-order valence-electron chi connectivity index (χ1n) is 4.30. The summed E-state index contributed by atoms with van der Waals surface area (Å²) in [6, 6.07) is 4.21. The first kappa shape index (κ1) is 7.99. The van der Waals surface area contributed by atoms with Crippen molar-refractivity contribution in [3.8, 4) is 6.07 Å². The average Bonchev–Trinajstić information content (AvgIpc) is 2.87. The van der Waals surface area contributed by atoms with Gasteiger partial charge in [0.25, 0.3) is 0 Å². The lowest BCUT2D eigenvalue weighted by atomic mass is 10.3. The van der Waals surface area contributed by atoms with E-state index < -0.39 is 0 Å². The van der Waals surface area contributed by atoms with Gasteiger partial charge in [-0.05, 0) is 25.8 Å². The molecule has 0 amide bonds. The Balaban J connectivity index is 2.24. The van der Waals surface area contributed by atoms with Crippen molar-refractivity contribution in [3.63, 3.8) is 0 Å². The zero-order valence-electron chi connectivity index (χ0n) is 7.41. The Kier molecular flexibility index (Phi) is 1.85. The molecule has 66 valence electrons. The number of nitrogens with one attached hydrogen (secondary N) is 1. The van der Waals surface area contributed by atoms with E-state index in [0.29, 0.717) is 17.7 Å². The van der Waals surface area contributed by atoms with Gasteiger partial charge in [0.05, 0.1) is 0 Å². The molecule has 0 atom stereocenters. The number of anilines is 1. The zero-order valence-corrected chi connectivity index (χ0v) is 7.41. The molecule has 1 aliphatic rings. The van der Waals surface area contributed by atoms with Crippen LogP contribution in [0.4, 0.5) is 5.95 Å². The number of nitriles is 1. The molecule has 1 saturated carbocycles. The lowest BCUT2D eigenvalue weighted by Crippen LogP contribution is -2.06. The van der Waals surface area contributed by atoms with E-state index in [0.717, 1.165) is 5.69 Å². The van der Waals surface area contributed by atoms with Crippen LogP contribution >= 0.6 is 0 Å². The second-order valence-electron chi connectivity index (χ2n) is 3.25. The van der Waals surface area contributed by atoms with Crippen LogP contribution in [0.2, 0.25) is 0 Å². The molecule has 13 heavy (non-hydrogen) atoms. The molecule has 1 fully saturated rings. The van der Waals surface area contributed by atoms with Crippen LogP contribution in [0.5, 0.6) is 0 Å². The van der Waals surface area contributed by atoms with Crippen molar-refractivity contribution in [1.29, 1.82) is 5.26 Å². The summed E-state index contributed by atoms with van der Waals surface area (Å²) in [5, 5.41) is 11.8. The van der Waals surface area contributed by atoms with Gasteiger partial charge in [0.2, 0.25) is 5.95 Å². The summed E-state index contributed by atoms with van der Waals surface area (Å²) < 4.78 is 0. The number of nitrogens with zero attached hydrogens (tertiary/aromatic N) is 3. The molecule has 0 spiro atoms. The zero-order chi connectivity index (χ0) is 9.26. The number of hydrogen-bond acceptors (Lipinski definition) is 4. The van der Waals surface area contributed by atoms with Crippen molar-refractivity contribution >= 4 is 5.95 Å². The standard InChI is InChI=1S/C9H10N4/c1-6-4-8(5-10)13-9(11-6)12-7-2-3-7/h4,7H,2-3H2,1H3,(H,11,12,13). The van der Waals surface area contributed by atoms with Crippen LogP contribution < -0.4 is 5.32 Å². The Morgan fingerprint density at radius 3 is 2.92 bits per heavy atom. The number of aromatic nitrogens is 2. The molecule has 0 radical (unpaired) electrons. The maximum absolute atomic E-state index is 8.67. The highest BCUT2D eigenvalue weighted by Crippen LogP contribution is 2.22. The van der Waals surface area contributed by atoms with Gasteiger partial charge >= 0.3 is 0 Å². The summed E-state index contributed by atoms with van der Waals surface area (Å²) in [7, 11) is 0. The monoisotopic (exact) mass is 174 g/mol. The van der Waals surface area contributed by atoms with Crippen molar-refractivity contribution in [3.05, 3.63) is 17.5 Å². The fourth-order valence-electron chi connectivity index (χ4n) is 1.10. The SMILES string of the molecule is Cc1cc(C#N)nc(NC2CC2)n1. The number of rotatable bonds is 2. The topological polar surface area (TPSA) is 61.6 Å². The highest BCUT2D eigenvalue weighted by atomic mass is 15.1. The van der Waals surface area contributed by atoms with Crippen molar-refractivity contribution in [2.45, 2.75) is 25.8 Å². The van der Waals surface area contributed by atoms with Crippen LogP contribution in [0.1, 0.15) is 24.2 Å². The quantitative estimate of drug-likeness (QED) is 0.732. The Bertz CT molecular complexity index is 362. The summed E-state index contributed by atoms with van der Waals surface area (Å²) in [6.07, 6.45) is 2.36. The summed E-state index contributed by atoms with van der Waals surface area (Å²) in [5.74, 6) is 0.582. The molecule has 1 heterocycles. The summed E-state index contributed by atoms with van der Waals surface area (Å²) in [5.41, 5.74) is 1.25. The maximum Gasteiger partial charge on any atom is 0.224 e. The third kappa shape index (κ3) is 1.94. The maximum atomic E-state index is 8.67. The largest absolute Gasteiger partial charge is 0.351 e. The normalized spacial score (nSPS) is 15.1. The van der Waals surface area contributed by atoms with Gasteiger partial charge in [-0.2, -0.15) is 5.26 Å². The van der Waals surface area contributed by atoms with Crippen LogP contribution in [0.15, 0.2) is 6.07 Å². The van der Waals surface area contributed by atoms with Crippen molar-refractivity contribution in [2.75, 3.05) is 5.32 Å². The molecule has 0 saturated heterocycles. The molecule has 1 aromatic heterocycles. The predicted octanol–water partition coefficient (Wildman–Crippen LogP) is 1.23. The smallest absolute Gasteiger partial charge is 0.224 e. The van der Waals surface area contributed by atoms with E-state index in [4.69, 9.17) is 5.26 Å². The minimum absolute atomic E-state index is 0.427. The highest BCUT2D eigenvalue weighted by Gasteiger charge is 2.21. The van der Waals surface area contributed by atoms with E-state index in [1.807, 2.05) is 13.0 Å². The van der Waals surface area contributed by atoms with Gasteiger partial charge in [-0.3, -0.25) is 0 Å². The third-order valence-corrected chi connectivity index (χ3v) is 1.88. The van der Waals surface area contributed by atoms with E-state index in [9.17, 15) is 0 Å². The molecule has 2 rings (SSSR count). The van der Waals surface area contributed by atoms with Crippen LogP contribution in [0.25, 0.3) is 0 Å². The van der Waals surface area contributed by atoms with Crippen LogP contribution in [0, 0.1) is 18.3 Å². The molecule has 0 aliphatic heterocycles. The molecule has 1 N–H and O–H groups in total. The van der Waals surface area contributed by atoms with Crippen LogP contribution in [-0.2, 0) is 0 Å². The summed E-state index contributed by atoms with van der Waals surface area (Å²) in [6.45, 7) is 1.86. The lowest BCUT2D eigenvalue weighted by Gasteiger charge is -2.02. The first-order valence-corrected chi connectivity index (χ1v) is 4.30. The fraction of sp³-hybridized carbons (Fsp3) is 0.444. The van der Waals surface area contributed by atoms with Crippen molar-refractivity contribution in [1.82, 2.24) is 9.97 Å². The predicted molar refractivity (Wildman–Crippen MR) is 48.1 cm³/mol. The molecule has 0 unspecified atom stereocenters. The lowest BCUT2D eigenvalue weighted by molar-refractivity contribution is 1.02. The number of hydrogen-bond donors (Lipinski definition) is 1. The summed E-state index contributed by atoms with van der Waals surface area (Å²) in [4.78, 5) is 8.24.